The van der Waals surface area contributed by atoms with Crippen molar-refractivity contribution in [1.82, 2.24) is 10.2 Å². The van der Waals surface area contributed by atoms with Crippen LogP contribution >= 0.6 is 0 Å². The molecule has 90 valence electrons. The van der Waals surface area contributed by atoms with Gasteiger partial charge in [0.1, 0.15) is 0 Å². The van der Waals surface area contributed by atoms with Gasteiger partial charge in [0, 0.05) is 30.7 Å². The molecular formula is C13H28N2. The van der Waals surface area contributed by atoms with Crippen molar-refractivity contribution < 1.29 is 0 Å². The third-order valence-electron chi connectivity index (χ3n) is 4.01. The molecule has 1 N–H and O–H groups in total. The van der Waals surface area contributed by atoms with Crippen molar-refractivity contribution in [3.63, 3.8) is 0 Å². The summed E-state index contributed by atoms with van der Waals surface area (Å²) in [5.41, 5.74) is 0.272. The second-order valence-electron chi connectivity index (χ2n) is 5.91. The van der Waals surface area contributed by atoms with Crippen LogP contribution < -0.4 is 5.32 Å². The maximum atomic E-state index is 3.61. The normalized spacial score (nSPS) is 31.2. The maximum absolute atomic E-state index is 3.61. The molecule has 0 aromatic rings. The summed E-state index contributed by atoms with van der Waals surface area (Å²) in [7, 11) is 0. The van der Waals surface area contributed by atoms with Gasteiger partial charge < -0.3 is 5.32 Å². The van der Waals surface area contributed by atoms with E-state index >= 15 is 0 Å². The van der Waals surface area contributed by atoms with Crippen molar-refractivity contribution in [2.45, 2.75) is 65.6 Å². The molecule has 0 amide bonds. The Morgan fingerprint density at radius 2 is 2.00 bits per heavy atom. The topological polar surface area (TPSA) is 15.3 Å². The highest BCUT2D eigenvalue weighted by Crippen LogP contribution is 2.22. The van der Waals surface area contributed by atoms with Crippen LogP contribution in [0.2, 0.25) is 0 Å². The predicted molar refractivity (Wildman–Crippen MR) is 67.2 cm³/mol. The summed E-state index contributed by atoms with van der Waals surface area (Å²) in [6.07, 6.45) is 1.28. The number of hydrogen-bond acceptors (Lipinski definition) is 2. The van der Waals surface area contributed by atoms with Gasteiger partial charge in [-0.25, -0.2) is 0 Å². The SMILES string of the molecule is CCC(C)C(C)N1CC(C)(C)NCC1C. The molecule has 1 fully saturated rings. The zero-order chi connectivity index (χ0) is 11.6. The molecule has 0 bridgehead atoms. The Balaban J connectivity index is 2.65. The van der Waals surface area contributed by atoms with Crippen molar-refractivity contribution in [2.75, 3.05) is 13.1 Å². The Morgan fingerprint density at radius 3 is 2.53 bits per heavy atom. The monoisotopic (exact) mass is 212 g/mol. The molecule has 3 atom stereocenters. The molecule has 0 aromatic carbocycles. The van der Waals surface area contributed by atoms with E-state index in [0.717, 1.165) is 12.5 Å². The van der Waals surface area contributed by atoms with Crippen molar-refractivity contribution in [3.05, 3.63) is 0 Å². The molecule has 0 saturated carbocycles. The highest BCUT2D eigenvalue weighted by Gasteiger charge is 2.33. The molecule has 2 nitrogen and oxygen atoms in total. The van der Waals surface area contributed by atoms with Crippen LogP contribution in [-0.2, 0) is 0 Å². The Labute approximate surface area is 95.4 Å². The Bertz CT molecular complexity index is 201. The quantitative estimate of drug-likeness (QED) is 0.773. The lowest BCUT2D eigenvalue weighted by atomic mass is 9.92. The molecule has 3 unspecified atom stereocenters. The highest BCUT2D eigenvalue weighted by atomic mass is 15.3. The fraction of sp³-hybridized carbons (Fsp3) is 1.00. The van der Waals surface area contributed by atoms with E-state index in [0.29, 0.717) is 12.1 Å². The molecule has 0 aliphatic carbocycles. The molecule has 1 rings (SSSR count). The van der Waals surface area contributed by atoms with E-state index in [-0.39, 0.29) is 5.54 Å². The standard InChI is InChI=1S/C13H28N2/c1-7-10(2)12(4)15-9-13(5,6)14-8-11(15)3/h10-12,14H,7-9H2,1-6H3. The lowest BCUT2D eigenvalue weighted by Gasteiger charge is -2.47. The second kappa shape index (κ2) is 4.84. The zero-order valence-electron chi connectivity index (χ0n) is 11.3. The first-order valence-electron chi connectivity index (χ1n) is 6.38. The Kier molecular flexibility index (Phi) is 4.19. The third-order valence-corrected chi connectivity index (χ3v) is 4.01. The fourth-order valence-corrected chi connectivity index (χ4v) is 2.42. The summed E-state index contributed by atoms with van der Waals surface area (Å²) < 4.78 is 0. The first-order valence-corrected chi connectivity index (χ1v) is 6.38. The Morgan fingerprint density at radius 1 is 1.40 bits per heavy atom. The van der Waals surface area contributed by atoms with Crippen LogP contribution in [0.3, 0.4) is 0 Å². The molecule has 1 heterocycles. The number of piperazine rings is 1. The minimum Gasteiger partial charge on any atom is -0.309 e. The lowest BCUT2D eigenvalue weighted by Crippen LogP contribution is -2.63. The summed E-state index contributed by atoms with van der Waals surface area (Å²) in [4.78, 5) is 2.67. The van der Waals surface area contributed by atoms with Crippen molar-refractivity contribution >= 4 is 0 Å². The van der Waals surface area contributed by atoms with E-state index in [1.807, 2.05) is 0 Å². The van der Waals surface area contributed by atoms with Gasteiger partial charge in [0.2, 0.25) is 0 Å². The number of rotatable bonds is 3. The summed E-state index contributed by atoms with van der Waals surface area (Å²) >= 11 is 0. The van der Waals surface area contributed by atoms with Crippen molar-refractivity contribution in [1.29, 1.82) is 0 Å². The number of hydrogen-bond donors (Lipinski definition) is 1. The van der Waals surface area contributed by atoms with Gasteiger partial charge in [0.15, 0.2) is 0 Å². The first kappa shape index (κ1) is 13.0. The minimum absolute atomic E-state index is 0.272. The number of nitrogens with one attached hydrogen (secondary N) is 1. The summed E-state index contributed by atoms with van der Waals surface area (Å²) in [6, 6.07) is 1.37. The second-order valence-corrected chi connectivity index (χ2v) is 5.91. The van der Waals surface area contributed by atoms with Gasteiger partial charge in [0.05, 0.1) is 0 Å². The Hall–Kier alpha value is -0.0800. The van der Waals surface area contributed by atoms with Crippen LogP contribution in [0.5, 0.6) is 0 Å². The molecular weight excluding hydrogens is 184 g/mol. The summed E-state index contributed by atoms with van der Waals surface area (Å²) in [6.45, 7) is 16.3. The predicted octanol–water partition coefficient (Wildman–Crippen LogP) is 2.49. The summed E-state index contributed by atoms with van der Waals surface area (Å²) in [5, 5.41) is 3.61. The zero-order valence-corrected chi connectivity index (χ0v) is 11.3. The van der Waals surface area contributed by atoms with Crippen LogP contribution in [-0.4, -0.2) is 35.6 Å². The van der Waals surface area contributed by atoms with Crippen LogP contribution in [0.15, 0.2) is 0 Å². The molecule has 2 heteroatoms. The minimum atomic E-state index is 0.272. The average molecular weight is 212 g/mol. The van der Waals surface area contributed by atoms with E-state index in [9.17, 15) is 0 Å². The van der Waals surface area contributed by atoms with Gasteiger partial charge in [-0.2, -0.15) is 0 Å². The van der Waals surface area contributed by atoms with Crippen LogP contribution in [0.25, 0.3) is 0 Å². The van der Waals surface area contributed by atoms with Gasteiger partial charge in [-0.15, -0.1) is 0 Å². The van der Waals surface area contributed by atoms with Crippen molar-refractivity contribution in [2.24, 2.45) is 5.92 Å². The van der Waals surface area contributed by atoms with E-state index in [1.165, 1.54) is 13.0 Å². The molecule has 15 heavy (non-hydrogen) atoms. The first-order chi connectivity index (χ1) is 6.87. The molecule has 0 aromatic heterocycles. The molecule has 1 saturated heterocycles. The number of nitrogens with zero attached hydrogens (tertiary/aromatic N) is 1. The van der Waals surface area contributed by atoms with Gasteiger partial charge in [0.25, 0.3) is 0 Å². The maximum Gasteiger partial charge on any atom is 0.0253 e. The van der Waals surface area contributed by atoms with Crippen molar-refractivity contribution in [3.8, 4) is 0 Å². The molecule has 1 aliphatic rings. The van der Waals surface area contributed by atoms with E-state index in [4.69, 9.17) is 0 Å². The summed E-state index contributed by atoms with van der Waals surface area (Å²) in [5.74, 6) is 0.793. The largest absolute Gasteiger partial charge is 0.309 e. The van der Waals surface area contributed by atoms with E-state index in [2.05, 4.69) is 51.8 Å². The highest BCUT2D eigenvalue weighted by molar-refractivity contribution is 4.93. The van der Waals surface area contributed by atoms with Gasteiger partial charge in [-0.3, -0.25) is 4.90 Å². The smallest absolute Gasteiger partial charge is 0.0253 e. The third kappa shape index (κ3) is 3.18. The van der Waals surface area contributed by atoms with Gasteiger partial charge in [-0.05, 0) is 33.6 Å². The van der Waals surface area contributed by atoms with Gasteiger partial charge in [-0.1, -0.05) is 20.3 Å². The average Bonchev–Trinajstić information content (AvgIpc) is 2.19. The lowest BCUT2D eigenvalue weighted by molar-refractivity contribution is 0.0465. The van der Waals surface area contributed by atoms with E-state index < -0.39 is 0 Å². The van der Waals surface area contributed by atoms with Crippen LogP contribution in [0, 0.1) is 5.92 Å². The molecule has 0 spiro atoms. The molecule has 0 radical (unpaired) electrons. The molecule has 1 aliphatic heterocycles. The fourth-order valence-electron chi connectivity index (χ4n) is 2.42. The van der Waals surface area contributed by atoms with Crippen LogP contribution in [0.1, 0.15) is 48.0 Å². The van der Waals surface area contributed by atoms with Gasteiger partial charge >= 0.3 is 0 Å². The van der Waals surface area contributed by atoms with E-state index in [1.54, 1.807) is 0 Å². The van der Waals surface area contributed by atoms with Crippen LogP contribution in [0.4, 0.5) is 0 Å².